The van der Waals surface area contributed by atoms with E-state index in [4.69, 9.17) is 24.9 Å². The van der Waals surface area contributed by atoms with Gasteiger partial charge in [0, 0.05) is 24.7 Å². The molecule has 2 aromatic carbocycles. The van der Waals surface area contributed by atoms with E-state index in [-0.39, 0.29) is 19.6 Å². The van der Waals surface area contributed by atoms with Gasteiger partial charge in [-0.05, 0) is 62.3 Å². The molecule has 0 radical (unpaired) electrons. The average Bonchev–Trinajstić information content (AvgIpc) is 3.23. The van der Waals surface area contributed by atoms with Crippen molar-refractivity contribution in [2.45, 2.75) is 32.0 Å². The van der Waals surface area contributed by atoms with Crippen molar-refractivity contribution in [3.05, 3.63) is 70.8 Å². The van der Waals surface area contributed by atoms with Crippen molar-refractivity contribution < 1.29 is 24.9 Å². The van der Waals surface area contributed by atoms with Gasteiger partial charge in [0.25, 0.3) is 12.9 Å². The van der Waals surface area contributed by atoms with Gasteiger partial charge in [0.2, 0.25) is 0 Å². The normalized spacial score (nSPS) is 14.8. The van der Waals surface area contributed by atoms with E-state index in [1.165, 1.54) is 29.5 Å². The molecule has 1 unspecified atom stereocenters. The van der Waals surface area contributed by atoms with Crippen LogP contribution in [0.2, 0.25) is 0 Å². The zero-order valence-electron chi connectivity index (χ0n) is 18.6. The molecule has 172 valence electrons. The minimum Gasteiger partial charge on any atom is -0.483 e. The number of rotatable bonds is 5. The molecule has 0 aromatic heterocycles. The molecule has 1 aliphatic rings. The summed E-state index contributed by atoms with van der Waals surface area (Å²) in [4.78, 5) is 21.5. The van der Waals surface area contributed by atoms with Crippen molar-refractivity contribution >= 4 is 12.9 Å². The number of likely N-dealkylation sites (tertiary alicyclic amines) is 1. The van der Waals surface area contributed by atoms with Crippen LogP contribution in [0, 0.1) is 11.8 Å². The second-order valence-corrected chi connectivity index (χ2v) is 7.48. The van der Waals surface area contributed by atoms with Gasteiger partial charge in [-0.25, -0.2) is 0 Å². The van der Waals surface area contributed by atoms with Crippen LogP contribution in [0.25, 0.3) is 0 Å². The van der Waals surface area contributed by atoms with E-state index < -0.39 is 0 Å². The van der Waals surface area contributed by atoms with Crippen molar-refractivity contribution in [3.8, 4) is 11.8 Å². The number of carboxylic acid groups (broad SMARTS) is 2. The molecule has 0 aliphatic carbocycles. The second-order valence-electron chi connectivity index (χ2n) is 7.48. The van der Waals surface area contributed by atoms with Gasteiger partial charge in [-0.1, -0.05) is 48.2 Å². The highest BCUT2D eigenvalue weighted by Gasteiger charge is 2.25. The lowest BCUT2D eigenvalue weighted by Crippen LogP contribution is -2.22. The number of aliphatic hydroxyl groups excluding tert-OH is 1. The Morgan fingerprint density at radius 1 is 1.00 bits per heavy atom. The number of hydrogen-bond donors (Lipinski definition) is 3. The van der Waals surface area contributed by atoms with Crippen molar-refractivity contribution in [3.63, 3.8) is 0 Å². The summed E-state index contributed by atoms with van der Waals surface area (Å²) in [6.07, 6.45) is 2.48. The molecule has 7 heteroatoms. The Bertz CT molecular complexity index is 849. The molecule has 3 N–H and O–H groups in total. The van der Waals surface area contributed by atoms with Crippen LogP contribution in [0.5, 0.6) is 0 Å². The summed E-state index contributed by atoms with van der Waals surface area (Å²) < 4.78 is 0. The number of nitrogens with zero attached hydrogens (tertiary/aromatic N) is 2. The highest BCUT2D eigenvalue weighted by molar-refractivity contribution is 5.36. The summed E-state index contributed by atoms with van der Waals surface area (Å²) in [5, 5.41) is 22.6. The maximum absolute atomic E-state index is 8.79. The van der Waals surface area contributed by atoms with Crippen molar-refractivity contribution in [2.75, 3.05) is 27.2 Å². The van der Waals surface area contributed by atoms with Gasteiger partial charge in [-0.2, -0.15) is 0 Å². The third-order valence-corrected chi connectivity index (χ3v) is 4.88. The van der Waals surface area contributed by atoms with E-state index in [2.05, 4.69) is 72.1 Å². The summed E-state index contributed by atoms with van der Waals surface area (Å²) in [6.45, 7) is 2.51. The average molecular weight is 441 g/mol. The van der Waals surface area contributed by atoms with Crippen molar-refractivity contribution in [1.82, 2.24) is 9.80 Å². The van der Waals surface area contributed by atoms with Crippen LogP contribution < -0.4 is 0 Å². The van der Waals surface area contributed by atoms with Crippen LogP contribution in [0.15, 0.2) is 48.5 Å². The van der Waals surface area contributed by atoms with Gasteiger partial charge in [0.15, 0.2) is 0 Å². The molecule has 0 amide bonds. The lowest BCUT2D eigenvalue weighted by Gasteiger charge is -2.25. The number of hydrogen-bond acceptors (Lipinski definition) is 5. The van der Waals surface area contributed by atoms with E-state index in [9.17, 15) is 0 Å². The molecule has 1 atom stereocenters. The van der Waals surface area contributed by atoms with Gasteiger partial charge in [0.1, 0.15) is 6.61 Å². The molecule has 1 fully saturated rings. The highest BCUT2D eigenvalue weighted by atomic mass is 16.3. The lowest BCUT2D eigenvalue weighted by atomic mass is 10.0. The van der Waals surface area contributed by atoms with E-state index >= 15 is 0 Å². The van der Waals surface area contributed by atoms with Crippen LogP contribution in [-0.2, 0) is 22.7 Å². The largest absolute Gasteiger partial charge is 0.483 e. The van der Waals surface area contributed by atoms with Crippen LogP contribution in [0.4, 0.5) is 0 Å². The maximum Gasteiger partial charge on any atom is 0.290 e. The Labute approximate surface area is 189 Å². The molecular formula is C25H32N2O5. The Kier molecular flexibility index (Phi) is 13.1. The van der Waals surface area contributed by atoms with Crippen LogP contribution in [0.1, 0.15) is 41.1 Å². The van der Waals surface area contributed by atoms with Gasteiger partial charge in [0.05, 0.1) is 0 Å². The first-order chi connectivity index (χ1) is 15.5. The van der Waals surface area contributed by atoms with Crippen LogP contribution in [-0.4, -0.2) is 65.3 Å². The Morgan fingerprint density at radius 3 is 2.09 bits per heavy atom. The fourth-order valence-electron chi connectivity index (χ4n) is 3.67. The molecule has 7 nitrogen and oxygen atoms in total. The Morgan fingerprint density at radius 2 is 1.56 bits per heavy atom. The third-order valence-electron chi connectivity index (χ3n) is 4.88. The van der Waals surface area contributed by atoms with E-state index in [0.717, 1.165) is 25.2 Å². The predicted octanol–water partition coefficient (Wildman–Crippen LogP) is 2.83. The second kappa shape index (κ2) is 15.6. The maximum atomic E-state index is 8.79. The smallest absolute Gasteiger partial charge is 0.290 e. The summed E-state index contributed by atoms with van der Waals surface area (Å²) in [5.41, 5.74) is 5.06. The Hall–Kier alpha value is -3.18. The minimum atomic E-state index is -0.250. The molecule has 1 aliphatic heterocycles. The quantitative estimate of drug-likeness (QED) is 0.485. The number of benzene rings is 2. The molecule has 0 bridgehead atoms. The van der Waals surface area contributed by atoms with E-state index in [1.54, 1.807) is 0 Å². The molecule has 0 saturated carbocycles. The predicted molar refractivity (Wildman–Crippen MR) is 124 cm³/mol. The Balaban J connectivity index is 0.000000769. The first-order valence-electron chi connectivity index (χ1n) is 10.3. The van der Waals surface area contributed by atoms with Crippen LogP contribution >= 0.6 is 0 Å². The van der Waals surface area contributed by atoms with Crippen molar-refractivity contribution in [2.24, 2.45) is 0 Å². The SMILES string of the molecule is CN(C)Cc1ccc(C2CCCN2Cc2ccc(C#CCO)cc2)cc1.O=CO.O=CO. The molecule has 2 aromatic rings. The molecule has 1 heterocycles. The highest BCUT2D eigenvalue weighted by Crippen LogP contribution is 2.33. The summed E-state index contributed by atoms with van der Waals surface area (Å²) >= 11 is 0. The molecule has 3 rings (SSSR count). The summed E-state index contributed by atoms with van der Waals surface area (Å²) in [7, 11) is 4.21. The number of carbonyl (C=O) groups is 2. The third kappa shape index (κ3) is 9.75. The first kappa shape index (κ1) is 26.9. The van der Waals surface area contributed by atoms with E-state index in [0.29, 0.717) is 6.04 Å². The first-order valence-corrected chi connectivity index (χ1v) is 10.3. The van der Waals surface area contributed by atoms with Crippen molar-refractivity contribution in [1.29, 1.82) is 0 Å². The van der Waals surface area contributed by atoms with Gasteiger partial charge in [-0.3, -0.25) is 14.5 Å². The van der Waals surface area contributed by atoms with Gasteiger partial charge < -0.3 is 20.2 Å². The topological polar surface area (TPSA) is 101 Å². The fourth-order valence-corrected chi connectivity index (χ4v) is 3.67. The number of aliphatic hydroxyl groups is 1. The standard InChI is InChI=1S/C23H28N2O.2CH2O2/c1-24(2)17-20-11-13-22(14-12-20)23-6-3-15-25(23)18-21-9-7-19(8-10-21)5-4-16-26;2*2-1-3/h7-14,23,26H,3,6,15-18H2,1-2H3;2*1H,(H,2,3). The summed E-state index contributed by atoms with van der Waals surface area (Å²) in [5.74, 6) is 5.65. The monoisotopic (exact) mass is 440 g/mol. The van der Waals surface area contributed by atoms with E-state index in [1.807, 2.05) is 12.1 Å². The molecule has 32 heavy (non-hydrogen) atoms. The molecule has 0 spiro atoms. The summed E-state index contributed by atoms with van der Waals surface area (Å²) in [6, 6.07) is 18.0. The minimum absolute atomic E-state index is 0.0927. The van der Waals surface area contributed by atoms with Gasteiger partial charge in [-0.15, -0.1) is 0 Å². The zero-order valence-corrected chi connectivity index (χ0v) is 18.6. The molecule has 1 saturated heterocycles. The lowest BCUT2D eigenvalue weighted by molar-refractivity contribution is -0.123. The molecular weight excluding hydrogens is 408 g/mol. The zero-order chi connectivity index (χ0) is 23.8. The van der Waals surface area contributed by atoms with Gasteiger partial charge >= 0.3 is 0 Å². The van der Waals surface area contributed by atoms with Crippen LogP contribution in [0.3, 0.4) is 0 Å². The fraction of sp³-hybridized carbons (Fsp3) is 0.360.